The molecule has 1 atom stereocenters. The largest absolute Gasteiger partial charge is 0.497 e. The Morgan fingerprint density at radius 3 is 2.71 bits per heavy atom. The van der Waals surface area contributed by atoms with E-state index in [9.17, 15) is 9.59 Å². The molecule has 0 aliphatic heterocycles. The van der Waals surface area contributed by atoms with Crippen molar-refractivity contribution in [2.24, 2.45) is 0 Å². The molecule has 1 heterocycles. The van der Waals surface area contributed by atoms with Gasteiger partial charge in [-0.25, -0.2) is 4.98 Å². The number of fused-ring (bicyclic) bond motifs is 1. The van der Waals surface area contributed by atoms with Crippen molar-refractivity contribution in [3.8, 4) is 11.5 Å². The number of nitrogens with one attached hydrogen (secondary N) is 1. The second kappa shape index (κ2) is 8.12. The van der Waals surface area contributed by atoms with E-state index in [1.807, 2.05) is 32.0 Å². The summed E-state index contributed by atoms with van der Waals surface area (Å²) in [4.78, 5) is 29.5. The number of hydrogen-bond donors (Lipinski definition) is 1. The lowest BCUT2D eigenvalue weighted by Gasteiger charge is -2.18. The van der Waals surface area contributed by atoms with E-state index >= 15 is 0 Å². The van der Waals surface area contributed by atoms with Crippen molar-refractivity contribution >= 4 is 16.8 Å². The molecule has 1 aromatic heterocycles. The Hall–Kier alpha value is -3.35. The van der Waals surface area contributed by atoms with Crippen molar-refractivity contribution in [2.45, 2.75) is 26.4 Å². The summed E-state index contributed by atoms with van der Waals surface area (Å²) in [5.74, 6) is 1.02. The summed E-state index contributed by atoms with van der Waals surface area (Å²) in [7, 11) is 3.15. The maximum atomic E-state index is 12.7. The summed E-state index contributed by atoms with van der Waals surface area (Å²) in [6.07, 6.45) is 1.41. The number of ether oxygens (including phenoxy) is 2. The normalized spacial score (nSPS) is 11.9. The fourth-order valence-electron chi connectivity index (χ4n) is 3.15. The first-order valence-electron chi connectivity index (χ1n) is 8.90. The molecule has 1 amide bonds. The van der Waals surface area contributed by atoms with Crippen LogP contribution in [0.4, 0.5) is 0 Å². The van der Waals surface area contributed by atoms with Gasteiger partial charge < -0.3 is 14.8 Å². The molecule has 1 unspecified atom stereocenters. The second-order valence-electron chi connectivity index (χ2n) is 6.55. The Morgan fingerprint density at radius 2 is 2.00 bits per heavy atom. The van der Waals surface area contributed by atoms with Crippen LogP contribution in [0, 0.1) is 6.92 Å². The average Bonchev–Trinajstić information content (AvgIpc) is 2.70. The Morgan fingerprint density at radius 1 is 1.21 bits per heavy atom. The lowest BCUT2D eigenvalue weighted by Crippen LogP contribution is -2.34. The molecule has 0 aliphatic carbocycles. The molecular weight excluding hydrogens is 358 g/mol. The molecule has 146 valence electrons. The average molecular weight is 381 g/mol. The number of carbonyl (C=O) groups is 1. The fraction of sp³-hybridized carbons (Fsp3) is 0.286. The summed E-state index contributed by atoms with van der Waals surface area (Å²) >= 11 is 0. The number of rotatable bonds is 6. The molecule has 3 aromatic rings. The third kappa shape index (κ3) is 3.83. The molecule has 0 spiro atoms. The molecule has 2 aromatic carbocycles. The third-order valence-corrected chi connectivity index (χ3v) is 4.65. The van der Waals surface area contributed by atoms with Gasteiger partial charge in [0.25, 0.3) is 5.56 Å². The number of carbonyl (C=O) groups excluding carboxylic acids is 1. The maximum absolute atomic E-state index is 12.7. The first-order chi connectivity index (χ1) is 13.4. The van der Waals surface area contributed by atoms with E-state index in [2.05, 4.69) is 10.3 Å². The quantitative estimate of drug-likeness (QED) is 0.710. The van der Waals surface area contributed by atoms with E-state index < -0.39 is 0 Å². The molecule has 0 bridgehead atoms. The Balaban J connectivity index is 1.80. The number of para-hydroxylation sites is 1. The first-order valence-corrected chi connectivity index (χ1v) is 8.90. The van der Waals surface area contributed by atoms with Gasteiger partial charge in [-0.3, -0.25) is 14.2 Å². The molecule has 3 rings (SSSR count). The Labute approximate surface area is 162 Å². The van der Waals surface area contributed by atoms with E-state index in [0.29, 0.717) is 22.4 Å². The zero-order chi connectivity index (χ0) is 20.3. The van der Waals surface area contributed by atoms with Crippen molar-refractivity contribution in [2.75, 3.05) is 14.2 Å². The van der Waals surface area contributed by atoms with E-state index in [4.69, 9.17) is 9.47 Å². The van der Waals surface area contributed by atoms with Crippen LogP contribution in [-0.2, 0) is 11.3 Å². The van der Waals surface area contributed by atoms with Gasteiger partial charge in [0, 0.05) is 5.56 Å². The van der Waals surface area contributed by atoms with E-state index in [0.717, 1.165) is 11.1 Å². The standard InChI is InChI=1S/C21H23N3O4/c1-13-6-5-7-16-20(13)22-12-24(21(16)26)11-19(25)23-14(2)17-10-15(27-3)8-9-18(17)28-4/h5-10,12,14H,11H2,1-4H3,(H,23,25). The van der Waals surface area contributed by atoms with Crippen LogP contribution in [0.25, 0.3) is 10.9 Å². The maximum Gasteiger partial charge on any atom is 0.261 e. The number of aromatic nitrogens is 2. The summed E-state index contributed by atoms with van der Waals surface area (Å²) in [5.41, 5.74) is 2.12. The summed E-state index contributed by atoms with van der Waals surface area (Å²) in [6, 6.07) is 10.5. The van der Waals surface area contributed by atoms with Crippen LogP contribution in [0.5, 0.6) is 11.5 Å². The molecule has 7 heteroatoms. The topological polar surface area (TPSA) is 82.4 Å². The van der Waals surface area contributed by atoms with Crippen LogP contribution in [0.15, 0.2) is 47.5 Å². The van der Waals surface area contributed by atoms with Crippen molar-refractivity contribution in [3.63, 3.8) is 0 Å². The number of amides is 1. The molecule has 0 saturated heterocycles. The second-order valence-corrected chi connectivity index (χ2v) is 6.55. The molecule has 0 radical (unpaired) electrons. The third-order valence-electron chi connectivity index (χ3n) is 4.65. The van der Waals surface area contributed by atoms with Gasteiger partial charge in [-0.2, -0.15) is 0 Å². The van der Waals surface area contributed by atoms with Gasteiger partial charge in [-0.15, -0.1) is 0 Å². The van der Waals surface area contributed by atoms with Gasteiger partial charge in [0.15, 0.2) is 0 Å². The summed E-state index contributed by atoms with van der Waals surface area (Å²) in [5, 5.41) is 3.39. The first kappa shape index (κ1) is 19.4. The highest BCUT2D eigenvalue weighted by Crippen LogP contribution is 2.29. The van der Waals surface area contributed by atoms with E-state index in [1.54, 1.807) is 32.4 Å². The highest BCUT2D eigenvalue weighted by molar-refractivity contribution is 5.81. The van der Waals surface area contributed by atoms with Crippen molar-refractivity contribution in [1.82, 2.24) is 14.9 Å². The predicted octanol–water partition coefficient (Wildman–Crippen LogP) is 2.60. The number of nitrogens with zero attached hydrogens (tertiary/aromatic N) is 2. The summed E-state index contributed by atoms with van der Waals surface area (Å²) < 4.78 is 11.9. The van der Waals surface area contributed by atoms with Crippen LogP contribution >= 0.6 is 0 Å². The molecule has 7 nitrogen and oxygen atoms in total. The minimum Gasteiger partial charge on any atom is -0.497 e. The molecule has 0 fully saturated rings. The minimum atomic E-state index is -0.330. The van der Waals surface area contributed by atoms with E-state index in [-0.39, 0.29) is 24.1 Å². The highest BCUT2D eigenvalue weighted by Gasteiger charge is 2.16. The lowest BCUT2D eigenvalue weighted by molar-refractivity contribution is -0.122. The minimum absolute atomic E-state index is 0.119. The molecule has 0 saturated carbocycles. The smallest absolute Gasteiger partial charge is 0.261 e. The Kier molecular flexibility index (Phi) is 5.63. The highest BCUT2D eigenvalue weighted by atomic mass is 16.5. The Bertz CT molecular complexity index is 1070. The van der Waals surface area contributed by atoms with Gasteiger partial charge in [0.1, 0.15) is 18.0 Å². The molecule has 28 heavy (non-hydrogen) atoms. The number of methoxy groups -OCH3 is 2. The van der Waals surface area contributed by atoms with Gasteiger partial charge in [0.2, 0.25) is 5.91 Å². The SMILES string of the molecule is COc1ccc(OC)c(C(C)NC(=O)Cn2cnc3c(C)cccc3c2=O)c1. The van der Waals surface area contributed by atoms with Crippen LogP contribution in [-0.4, -0.2) is 29.7 Å². The monoisotopic (exact) mass is 381 g/mol. The zero-order valence-electron chi connectivity index (χ0n) is 16.4. The van der Waals surface area contributed by atoms with Crippen molar-refractivity contribution in [1.29, 1.82) is 0 Å². The molecule has 1 N–H and O–H groups in total. The molecular formula is C21H23N3O4. The van der Waals surface area contributed by atoms with Crippen LogP contribution in [0.1, 0.15) is 24.1 Å². The van der Waals surface area contributed by atoms with E-state index in [1.165, 1.54) is 10.9 Å². The number of benzene rings is 2. The van der Waals surface area contributed by atoms with Gasteiger partial charge in [0.05, 0.1) is 37.5 Å². The lowest BCUT2D eigenvalue weighted by atomic mass is 10.1. The van der Waals surface area contributed by atoms with Gasteiger partial charge in [-0.1, -0.05) is 12.1 Å². The van der Waals surface area contributed by atoms with Crippen LogP contribution in [0.2, 0.25) is 0 Å². The predicted molar refractivity (Wildman–Crippen MR) is 107 cm³/mol. The molecule has 0 aliphatic rings. The zero-order valence-corrected chi connectivity index (χ0v) is 16.4. The number of aryl methyl sites for hydroxylation is 1. The van der Waals surface area contributed by atoms with Crippen LogP contribution in [0.3, 0.4) is 0 Å². The van der Waals surface area contributed by atoms with Crippen molar-refractivity contribution < 1.29 is 14.3 Å². The van der Waals surface area contributed by atoms with Gasteiger partial charge in [-0.05, 0) is 43.7 Å². The van der Waals surface area contributed by atoms with Gasteiger partial charge >= 0.3 is 0 Å². The fourth-order valence-corrected chi connectivity index (χ4v) is 3.15. The van der Waals surface area contributed by atoms with Crippen LogP contribution < -0.4 is 20.3 Å². The number of hydrogen-bond acceptors (Lipinski definition) is 5. The summed E-state index contributed by atoms with van der Waals surface area (Å²) in [6.45, 7) is 3.63. The van der Waals surface area contributed by atoms with Crippen molar-refractivity contribution in [3.05, 3.63) is 64.2 Å².